The summed E-state index contributed by atoms with van der Waals surface area (Å²) in [6.07, 6.45) is 4.60. The molecule has 0 saturated carbocycles. The molecule has 3 rings (SSSR count). The van der Waals surface area contributed by atoms with Gasteiger partial charge in [-0.3, -0.25) is 4.79 Å². The molecular weight excluding hydrogens is 297 g/mol. The van der Waals surface area contributed by atoms with Crippen molar-refractivity contribution >= 4 is 5.91 Å². The van der Waals surface area contributed by atoms with Crippen LogP contribution in [-0.2, 0) is 0 Å². The van der Waals surface area contributed by atoms with Crippen molar-refractivity contribution in [2.75, 3.05) is 13.1 Å². The molecule has 1 saturated heterocycles. The predicted molar refractivity (Wildman–Crippen MR) is 70.5 cm³/mol. The normalized spacial score (nSPS) is 16.0. The first kappa shape index (κ1) is 14.6. The number of benzene rings is 1. The Morgan fingerprint density at radius 2 is 1.86 bits per heavy atom. The number of aromatic nitrogens is 3. The largest absolute Gasteiger partial charge is 0.338 e. The molecule has 5 nitrogen and oxygen atoms in total. The summed E-state index contributed by atoms with van der Waals surface area (Å²) in [6, 6.07) is 1.86. The van der Waals surface area contributed by atoms with E-state index in [1.807, 2.05) is 0 Å². The van der Waals surface area contributed by atoms with E-state index in [2.05, 4.69) is 10.3 Å². The molecule has 1 aromatic carbocycles. The molecule has 2 heterocycles. The second-order valence-electron chi connectivity index (χ2n) is 5.13. The maximum atomic E-state index is 13.7. The zero-order valence-electron chi connectivity index (χ0n) is 11.5. The van der Waals surface area contributed by atoms with Gasteiger partial charge in [0.05, 0.1) is 17.8 Å². The topological polar surface area (TPSA) is 51.0 Å². The number of amides is 1. The lowest BCUT2D eigenvalue weighted by atomic mass is 10.0. The van der Waals surface area contributed by atoms with Gasteiger partial charge in [-0.25, -0.2) is 17.9 Å². The molecule has 1 aromatic heterocycles. The molecule has 1 aliphatic rings. The number of rotatable bonds is 2. The number of likely N-dealkylation sites (tertiary alicyclic amines) is 1. The highest BCUT2D eigenvalue weighted by Crippen LogP contribution is 2.24. The van der Waals surface area contributed by atoms with Gasteiger partial charge in [-0.1, -0.05) is 5.21 Å². The van der Waals surface area contributed by atoms with Gasteiger partial charge in [0.15, 0.2) is 17.5 Å². The lowest BCUT2D eigenvalue weighted by Gasteiger charge is -2.32. The van der Waals surface area contributed by atoms with Gasteiger partial charge in [0.1, 0.15) is 0 Å². The second kappa shape index (κ2) is 5.78. The van der Waals surface area contributed by atoms with Crippen molar-refractivity contribution in [2.45, 2.75) is 18.9 Å². The number of nitrogens with zero attached hydrogens (tertiary/aromatic N) is 4. The zero-order chi connectivity index (χ0) is 15.7. The van der Waals surface area contributed by atoms with Crippen LogP contribution in [0.4, 0.5) is 13.2 Å². The van der Waals surface area contributed by atoms with E-state index in [4.69, 9.17) is 0 Å². The molecule has 0 unspecified atom stereocenters. The maximum Gasteiger partial charge on any atom is 0.256 e. The zero-order valence-corrected chi connectivity index (χ0v) is 11.5. The highest BCUT2D eigenvalue weighted by molar-refractivity contribution is 5.94. The van der Waals surface area contributed by atoms with Crippen LogP contribution in [0.2, 0.25) is 0 Å². The van der Waals surface area contributed by atoms with E-state index in [0.717, 1.165) is 12.1 Å². The summed E-state index contributed by atoms with van der Waals surface area (Å²) < 4.78 is 41.6. The molecule has 0 bridgehead atoms. The maximum absolute atomic E-state index is 13.7. The van der Waals surface area contributed by atoms with Crippen molar-refractivity contribution in [1.29, 1.82) is 0 Å². The first-order valence-corrected chi connectivity index (χ1v) is 6.86. The summed E-state index contributed by atoms with van der Waals surface area (Å²) in [5.41, 5.74) is -0.446. The first-order chi connectivity index (χ1) is 10.6. The van der Waals surface area contributed by atoms with Gasteiger partial charge in [-0.05, 0) is 25.0 Å². The Hall–Kier alpha value is -2.38. The Labute approximate surface area is 124 Å². The third kappa shape index (κ3) is 2.56. The molecule has 8 heteroatoms. The Kier molecular flexibility index (Phi) is 3.82. The van der Waals surface area contributed by atoms with Crippen molar-refractivity contribution in [3.63, 3.8) is 0 Å². The molecule has 116 valence electrons. The van der Waals surface area contributed by atoms with E-state index in [9.17, 15) is 18.0 Å². The fraction of sp³-hybridized carbons (Fsp3) is 0.357. The molecule has 0 aliphatic carbocycles. The molecule has 0 atom stereocenters. The molecule has 1 amide bonds. The summed E-state index contributed by atoms with van der Waals surface area (Å²) in [4.78, 5) is 13.7. The second-order valence-corrected chi connectivity index (χ2v) is 5.13. The third-order valence-corrected chi connectivity index (χ3v) is 3.83. The fourth-order valence-corrected chi connectivity index (χ4v) is 2.61. The molecule has 0 spiro atoms. The summed E-state index contributed by atoms with van der Waals surface area (Å²) >= 11 is 0. The van der Waals surface area contributed by atoms with Gasteiger partial charge in [0.25, 0.3) is 5.91 Å². The Morgan fingerprint density at radius 3 is 2.50 bits per heavy atom. The number of carbonyl (C=O) groups excluding carboxylic acids is 1. The van der Waals surface area contributed by atoms with E-state index in [0.29, 0.717) is 25.9 Å². The summed E-state index contributed by atoms with van der Waals surface area (Å²) in [5.74, 6) is -5.00. The van der Waals surface area contributed by atoms with Crippen LogP contribution in [0.1, 0.15) is 29.2 Å². The Bertz CT molecular complexity index is 682. The predicted octanol–water partition coefficient (Wildman–Crippen LogP) is 2.17. The number of halogens is 3. The van der Waals surface area contributed by atoms with Gasteiger partial charge in [-0.2, -0.15) is 0 Å². The van der Waals surface area contributed by atoms with Gasteiger partial charge in [-0.15, -0.1) is 5.10 Å². The number of piperidine rings is 1. The summed E-state index contributed by atoms with van der Waals surface area (Å²) in [7, 11) is 0. The van der Waals surface area contributed by atoms with Gasteiger partial charge < -0.3 is 4.90 Å². The van der Waals surface area contributed by atoms with Crippen molar-refractivity contribution in [3.05, 3.63) is 47.5 Å². The van der Waals surface area contributed by atoms with E-state index in [1.54, 1.807) is 17.1 Å². The first-order valence-electron chi connectivity index (χ1n) is 6.86. The number of carbonyl (C=O) groups is 1. The minimum Gasteiger partial charge on any atom is -0.338 e. The number of hydrogen-bond acceptors (Lipinski definition) is 3. The standard InChI is InChI=1S/C14H13F3N4O/c15-11-2-1-10(12(16)13(11)17)14(22)20-6-3-9(4-7-20)21-8-5-18-19-21/h1-2,5,8-9H,3-4,6-7H2. The average Bonchev–Trinajstić information content (AvgIpc) is 3.07. The highest BCUT2D eigenvalue weighted by Gasteiger charge is 2.28. The van der Waals surface area contributed by atoms with Crippen LogP contribution in [0, 0.1) is 17.5 Å². The van der Waals surface area contributed by atoms with Crippen molar-refractivity contribution < 1.29 is 18.0 Å². The lowest BCUT2D eigenvalue weighted by molar-refractivity contribution is 0.0683. The average molecular weight is 310 g/mol. The SMILES string of the molecule is O=C(c1ccc(F)c(F)c1F)N1CCC(n2ccnn2)CC1. The molecule has 0 radical (unpaired) electrons. The monoisotopic (exact) mass is 310 g/mol. The Morgan fingerprint density at radius 1 is 1.14 bits per heavy atom. The Balaban J connectivity index is 1.71. The van der Waals surface area contributed by atoms with Crippen molar-refractivity contribution in [3.8, 4) is 0 Å². The minimum atomic E-state index is -1.62. The van der Waals surface area contributed by atoms with E-state index < -0.39 is 28.9 Å². The van der Waals surface area contributed by atoms with E-state index in [1.165, 1.54) is 4.90 Å². The molecule has 2 aromatic rings. The summed E-state index contributed by atoms with van der Waals surface area (Å²) in [6.45, 7) is 0.781. The molecule has 22 heavy (non-hydrogen) atoms. The van der Waals surface area contributed by atoms with Crippen LogP contribution in [-0.4, -0.2) is 38.9 Å². The third-order valence-electron chi connectivity index (χ3n) is 3.83. The fourth-order valence-electron chi connectivity index (χ4n) is 2.61. The van der Waals surface area contributed by atoms with E-state index >= 15 is 0 Å². The van der Waals surface area contributed by atoms with Crippen LogP contribution in [0.3, 0.4) is 0 Å². The smallest absolute Gasteiger partial charge is 0.256 e. The van der Waals surface area contributed by atoms with Crippen LogP contribution in [0.5, 0.6) is 0 Å². The van der Waals surface area contributed by atoms with Gasteiger partial charge >= 0.3 is 0 Å². The molecule has 1 aliphatic heterocycles. The van der Waals surface area contributed by atoms with Crippen LogP contribution in [0.15, 0.2) is 24.5 Å². The quantitative estimate of drug-likeness (QED) is 0.799. The van der Waals surface area contributed by atoms with Crippen LogP contribution >= 0.6 is 0 Å². The highest BCUT2D eigenvalue weighted by atomic mass is 19.2. The van der Waals surface area contributed by atoms with Crippen molar-refractivity contribution in [2.24, 2.45) is 0 Å². The van der Waals surface area contributed by atoms with Crippen LogP contribution in [0.25, 0.3) is 0 Å². The van der Waals surface area contributed by atoms with Gasteiger partial charge in [0.2, 0.25) is 0 Å². The molecule has 1 fully saturated rings. The lowest BCUT2D eigenvalue weighted by Crippen LogP contribution is -2.39. The number of hydrogen-bond donors (Lipinski definition) is 0. The van der Waals surface area contributed by atoms with Crippen molar-refractivity contribution in [1.82, 2.24) is 19.9 Å². The molecular formula is C14H13F3N4O. The van der Waals surface area contributed by atoms with Gasteiger partial charge in [0, 0.05) is 19.3 Å². The summed E-state index contributed by atoms with van der Waals surface area (Å²) in [5, 5.41) is 7.65. The molecule has 0 N–H and O–H groups in total. The minimum absolute atomic E-state index is 0.126. The van der Waals surface area contributed by atoms with Crippen LogP contribution < -0.4 is 0 Å². The van der Waals surface area contributed by atoms with E-state index in [-0.39, 0.29) is 6.04 Å².